The highest BCUT2D eigenvalue weighted by Crippen LogP contribution is 2.23. The van der Waals surface area contributed by atoms with Gasteiger partial charge in [-0.2, -0.15) is 0 Å². The molecule has 0 saturated carbocycles. The Labute approximate surface area is 160 Å². The molecule has 0 aromatic carbocycles. The van der Waals surface area contributed by atoms with Crippen molar-refractivity contribution in [2.45, 2.75) is 103 Å². The van der Waals surface area contributed by atoms with Gasteiger partial charge in [-0.15, -0.1) is 6.58 Å². The van der Waals surface area contributed by atoms with Crippen molar-refractivity contribution in [1.29, 1.82) is 0 Å². The van der Waals surface area contributed by atoms with E-state index in [-0.39, 0.29) is 12.1 Å². The summed E-state index contributed by atoms with van der Waals surface area (Å²) in [5, 5.41) is 0. The minimum atomic E-state index is -0.340. The van der Waals surface area contributed by atoms with Crippen LogP contribution in [-0.2, 0) is 9.53 Å². The summed E-state index contributed by atoms with van der Waals surface area (Å²) in [4.78, 5) is 12.0. The minimum absolute atomic E-state index is 0.139. The van der Waals surface area contributed by atoms with E-state index in [1.807, 2.05) is 12.1 Å². The van der Waals surface area contributed by atoms with E-state index in [4.69, 9.17) is 9.15 Å². The normalized spacial score (nSPS) is 12.0. The van der Waals surface area contributed by atoms with Gasteiger partial charge in [0.2, 0.25) is 0 Å². The standard InChI is InChI=1S/C23H38O3/c1-3-5-6-7-8-9-10-11-12-13-14-15-19-23(24)26-22(17-4-2)21-18-16-20-25-21/h4,16,18,20,22H,2-3,5-15,17,19H2,1H3. The molecular formula is C23H38O3. The highest BCUT2D eigenvalue weighted by atomic mass is 16.6. The van der Waals surface area contributed by atoms with Gasteiger partial charge in [-0.25, -0.2) is 0 Å². The van der Waals surface area contributed by atoms with Crippen molar-refractivity contribution in [3.63, 3.8) is 0 Å². The van der Waals surface area contributed by atoms with Gasteiger partial charge in [-0.05, 0) is 18.6 Å². The van der Waals surface area contributed by atoms with Gasteiger partial charge in [0.1, 0.15) is 5.76 Å². The van der Waals surface area contributed by atoms with Crippen molar-refractivity contribution in [2.24, 2.45) is 0 Å². The fourth-order valence-corrected chi connectivity index (χ4v) is 3.18. The summed E-state index contributed by atoms with van der Waals surface area (Å²) in [6, 6.07) is 3.65. The third kappa shape index (κ3) is 11.2. The molecule has 1 heterocycles. The van der Waals surface area contributed by atoms with E-state index in [0.29, 0.717) is 18.6 Å². The van der Waals surface area contributed by atoms with Crippen molar-refractivity contribution < 1.29 is 13.9 Å². The SMILES string of the molecule is C=CCC(OC(=O)CCCCCCCCCCCCCC)c1ccco1. The van der Waals surface area contributed by atoms with Gasteiger partial charge >= 0.3 is 5.97 Å². The van der Waals surface area contributed by atoms with Crippen molar-refractivity contribution >= 4 is 5.97 Å². The van der Waals surface area contributed by atoms with Gasteiger partial charge in [0.25, 0.3) is 0 Å². The van der Waals surface area contributed by atoms with Gasteiger partial charge in [0.05, 0.1) is 6.26 Å². The van der Waals surface area contributed by atoms with Crippen LogP contribution in [0.1, 0.15) is 109 Å². The second-order valence-electron chi connectivity index (χ2n) is 7.16. The third-order valence-corrected chi connectivity index (χ3v) is 4.75. The molecule has 0 aliphatic heterocycles. The molecule has 148 valence electrons. The largest absolute Gasteiger partial charge is 0.465 e. The lowest BCUT2D eigenvalue weighted by molar-refractivity contribution is -0.150. The van der Waals surface area contributed by atoms with Gasteiger partial charge in [-0.1, -0.05) is 83.6 Å². The van der Waals surface area contributed by atoms with Crippen LogP contribution in [0.25, 0.3) is 0 Å². The molecule has 0 spiro atoms. The number of rotatable bonds is 17. The van der Waals surface area contributed by atoms with Crippen molar-refractivity contribution in [2.75, 3.05) is 0 Å². The van der Waals surface area contributed by atoms with Crippen LogP contribution in [0.4, 0.5) is 0 Å². The average molecular weight is 363 g/mol. The smallest absolute Gasteiger partial charge is 0.306 e. The summed E-state index contributed by atoms with van der Waals surface area (Å²) in [5.41, 5.74) is 0. The monoisotopic (exact) mass is 362 g/mol. The number of carbonyl (C=O) groups is 1. The van der Waals surface area contributed by atoms with Gasteiger partial charge in [0.15, 0.2) is 6.10 Å². The predicted octanol–water partition coefficient (Wildman–Crippen LogP) is 7.53. The molecule has 0 bridgehead atoms. The molecule has 0 radical (unpaired) electrons. The second-order valence-corrected chi connectivity index (χ2v) is 7.16. The molecule has 26 heavy (non-hydrogen) atoms. The van der Waals surface area contributed by atoms with E-state index >= 15 is 0 Å². The maximum atomic E-state index is 12.0. The molecule has 0 amide bonds. The molecule has 0 N–H and O–H groups in total. The zero-order chi connectivity index (χ0) is 18.9. The van der Waals surface area contributed by atoms with Crippen LogP contribution in [-0.4, -0.2) is 5.97 Å². The fourth-order valence-electron chi connectivity index (χ4n) is 3.18. The number of unbranched alkanes of at least 4 members (excludes halogenated alkanes) is 11. The summed E-state index contributed by atoms with van der Waals surface area (Å²) in [5.74, 6) is 0.549. The maximum Gasteiger partial charge on any atom is 0.306 e. The Balaban J connectivity index is 1.97. The van der Waals surface area contributed by atoms with Gasteiger partial charge < -0.3 is 9.15 Å². The maximum absolute atomic E-state index is 12.0. The Morgan fingerprint density at radius 1 is 1.04 bits per heavy atom. The molecule has 3 nitrogen and oxygen atoms in total. The van der Waals surface area contributed by atoms with Crippen LogP contribution in [0, 0.1) is 0 Å². The number of carbonyl (C=O) groups excluding carboxylic acids is 1. The third-order valence-electron chi connectivity index (χ3n) is 4.75. The molecular weight excluding hydrogens is 324 g/mol. The summed E-state index contributed by atoms with van der Waals surface area (Å²) in [7, 11) is 0. The van der Waals surface area contributed by atoms with E-state index in [0.717, 1.165) is 12.8 Å². The van der Waals surface area contributed by atoms with Crippen molar-refractivity contribution in [1.82, 2.24) is 0 Å². The quantitative estimate of drug-likeness (QED) is 0.163. The Morgan fingerprint density at radius 2 is 1.62 bits per heavy atom. The molecule has 1 unspecified atom stereocenters. The van der Waals surface area contributed by atoms with Crippen LogP contribution in [0.2, 0.25) is 0 Å². The number of esters is 1. The first-order chi connectivity index (χ1) is 12.8. The number of ether oxygens (including phenoxy) is 1. The van der Waals surface area contributed by atoms with Crippen LogP contribution in [0.15, 0.2) is 35.5 Å². The van der Waals surface area contributed by atoms with Crippen molar-refractivity contribution in [3.05, 3.63) is 36.8 Å². The molecule has 1 rings (SSSR count). The lowest BCUT2D eigenvalue weighted by atomic mass is 10.0. The van der Waals surface area contributed by atoms with Crippen molar-refractivity contribution in [3.8, 4) is 0 Å². The topological polar surface area (TPSA) is 39.4 Å². The average Bonchev–Trinajstić information content (AvgIpc) is 3.17. The molecule has 1 aromatic heterocycles. The summed E-state index contributed by atoms with van der Waals surface area (Å²) in [6.07, 6.45) is 19.6. The number of hydrogen-bond donors (Lipinski definition) is 0. The fraction of sp³-hybridized carbons (Fsp3) is 0.696. The Hall–Kier alpha value is -1.51. The van der Waals surface area contributed by atoms with Crippen LogP contribution >= 0.6 is 0 Å². The lowest BCUT2D eigenvalue weighted by Gasteiger charge is -2.14. The van der Waals surface area contributed by atoms with E-state index in [1.54, 1.807) is 12.3 Å². The summed E-state index contributed by atoms with van der Waals surface area (Å²) in [6.45, 7) is 5.98. The first-order valence-corrected chi connectivity index (χ1v) is 10.6. The zero-order valence-electron chi connectivity index (χ0n) is 16.7. The molecule has 1 atom stereocenters. The lowest BCUT2D eigenvalue weighted by Crippen LogP contribution is -2.10. The van der Waals surface area contributed by atoms with E-state index in [2.05, 4.69) is 13.5 Å². The summed E-state index contributed by atoms with van der Waals surface area (Å²) < 4.78 is 10.9. The highest BCUT2D eigenvalue weighted by Gasteiger charge is 2.17. The molecule has 0 saturated heterocycles. The van der Waals surface area contributed by atoms with E-state index in [9.17, 15) is 4.79 Å². The first-order valence-electron chi connectivity index (χ1n) is 10.6. The number of furan rings is 1. The van der Waals surface area contributed by atoms with Crippen LogP contribution in [0.3, 0.4) is 0 Å². The first kappa shape index (κ1) is 22.5. The number of hydrogen-bond acceptors (Lipinski definition) is 3. The Bertz CT molecular complexity index is 450. The van der Waals surface area contributed by atoms with E-state index < -0.39 is 0 Å². The van der Waals surface area contributed by atoms with Gasteiger partial charge in [0, 0.05) is 12.8 Å². The van der Waals surface area contributed by atoms with Crippen LogP contribution in [0.5, 0.6) is 0 Å². The zero-order valence-corrected chi connectivity index (χ0v) is 16.7. The molecule has 3 heteroatoms. The van der Waals surface area contributed by atoms with E-state index in [1.165, 1.54) is 64.2 Å². The second kappa shape index (κ2) is 15.7. The molecule has 0 fully saturated rings. The molecule has 1 aromatic rings. The highest BCUT2D eigenvalue weighted by molar-refractivity contribution is 5.69. The molecule has 0 aliphatic rings. The Morgan fingerprint density at radius 3 is 2.12 bits per heavy atom. The van der Waals surface area contributed by atoms with Gasteiger partial charge in [-0.3, -0.25) is 4.79 Å². The minimum Gasteiger partial charge on any atom is -0.465 e. The van der Waals surface area contributed by atoms with Crippen LogP contribution < -0.4 is 0 Å². The Kier molecular flexibility index (Phi) is 13.6. The predicted molar refractivity (Wildman–Crippen MR) is 108 cm³/mol. The molecule has 0 aliphatic carbocycles. The summed E-state index contributed by atoms with van der Waals surface area (Å²) >= 11 is 0.